The van der Waals surface area contributed by atoms with Crippen LogP contribution in [0.2, 0.25) is 0 Å². The molecule has 15 heavy (non-hydrogen) atoms. The molecule has 0 amide bonds. The molecule has 0 saturated heterocycles. The van der Waals surface area contributed by atoms with Crippen LogP contribution in [0.5, 0.6) is 0 Å². The highest BCUT2D eigenvalue weighted by Gasteiger charge is 2.13. The lowest BCUT2D eigenvalue weighted by atomic mass is 10.1. The summed E-state index contributed by atoms with van der Waals surface area (Å²) in [5.74, 6) is -0.298. The molecule has 2 aromatic rings. The molecule has 1 aromatic heterocycles. The Bertz CT molecular complexity index is 526. The van der Waals surface area contributed by atoms with E-state index >= 15 is 0 Å². The first-order chi connectivity index (χ1) is 7.15. The Hall–Kier alpha value is -1.77. The maximum Gasteiger partial charge on any atom is 0.354 e. The van der Waals surface area contributed by atoms with Gasteiger partial charge in [-0.25, -0.2) is 4.79 Å². The van der Waals surface area contributed by atoms with Gasteiger partial charge in [0.1, 0.15) is 5.69 Å². The standard InChI is InChI=1S/C12H13NO2/c1-8-5-4-6-10-9(8)7-11(13(10)2)12(14)15-3/h4-7H,1-3H3. The van der Waals surface area contributed by atoms with Crippen LogP contribution in [0, 0.1) is 6.92 Å². The normalized spacial score (nSPS) is 10.6. The Labute approximate surface area is 88.3 Å². The zero-order valence-corrected chi connectivity index (χ0v) is 9.07. The van der Waals surface area contributed by atoms with Crippen molar-refractivity contribution >= 4 is 16.9 Å². The Kier molecular flexibility index (Phi) is 2.23. The van der Waals surface area contributed by atoms with Crippen molar-refractivity contribution in [3.63, 3.8) is 0 Å². The van der Waals surface area contributed by atoms with Gasteiger partial charge in [0, 0.05) is 18.0 Å². The maximum atomic E-state index is 11.5. The molecule has 3 heteroatoms. The topological polar surface area (TPSA) is 31.2 Å². The summed E-state index contributed by atoms with van der Waals surface area (Å²) in [6, 6.07) is 7.88. The first-order valence-electron chi connectivity index (χ1n) is 4.78. The van der Waals surface area contributed by atoms with Crippen LogP contribution in [0.4, 0.5) is 0 Å². The van der Waals surface area contributed by atoms with E-state index in [0.29, 0.717) is 5.69 Å². The average Bonchev–Trinajstić information content (AvgIpc) is 2.57. The van der Waals surface area contributed by atoms with E-state index in [1.54, 1.807) is 0 Å². The van der Waals surface area contributed by atoms with E-state index in [-0.39, 0.29) is 5.97 Å². The molecule has 0 fully saturated rings. The molecule has 0 saturated carbocycles. The predicted molar refractivity (Wildman–Crippen MR) is 59.0 cm³/mol. The first kappa shape index (κ1) is 9.77. The fourth-order valence-corrected chi connectivity index (χ4v) is 1.81. The smallest absolute Gasteiger partial charge is 0.354 e. The van der Waals surface area contributed by atoms with Gasteiger partial charge in [-0.1, -0.05) is 12.1 Å². The van der Waals surface area contributed by atoms with E-state index in [1.165, 1.54) is 12.7 Å². The van der Waals surface area contributed by atoms with Gasteiger partial charge < -0.3 is 9.30 Å². The molecule has 0 N–H and O–H groups in total. The van der Waals surface area contributed by atoms with E-state index < -0.39 is 0 Å². The van der Waals surface area contributed by atoms with Crippen molar-refractivity contribution in [1.82, 2.24) is 4.57 Å². The van der Waals surface area contributed by atoms with Crippen LogP contribution in [0.1, 0.15) is 16.1 Å². The van der Waals surface area contributed by atoms with Crippen molar-refractivity contribution in [2.75, 3.05) is 7.11 Å². The highest BCUT2D eigenvalue weighted by molar-refractivity contribution is 5.96. The lowest BCUT2D eigenvalue weighted by Gasteiger charge is -2.01. The quantitative estimate of drug-likeness (QED) is 0.666. The number of carbonyl (C=O) groups excluding carboxylic acids is 1. The van der Waals surface area contributed by atoms with Crippen LogP contribution < -0.4 is 0 Å². The summed E-state index contributed by atoms with van der Waals surface area (Å²) >= 11 is 0. The summed E-state index contributed by atoms with van der Waals surface area (Å²) in [4.78, 5) is 11.5. The van der Waals surface area contributed by atoms with Gasteiger partial charge in [-0.3, -0.25) is 0 Å². The van der Waals surface area contributed by atoms with Gasteiger partial charge in [0.25, 0.3) is 0 Å². The van der Waals surface area contributed by atoms with E-state index in [1.807, 2.05) is 42.8 Å². The number of rotatable bonds is 1. The van der Waals surface area contributed by atoms with Crippen LogP contribution in [-0.4, -0.2) is 17.6 Å². The summed E-state index contributed by atoms with van der Waals surface area (Å²) in [6.07, 6.45) is 0. The van der Waals surface area contributed by atoms with Gasteiger partial charge in [0.15, 0.2) is 0 Å². The minimum atomic E-state index is -0.298. The van der Waals surface area contributed by atoms with Crippen LogP contribution in [-0.2, 0) is 11.8 Å². The van der Waals surface area contributed by atoms with Crippen LogP contribution in [0.3, 0.4) is 0 Å². The molecule has 1 aromatic carbocycles. The summed E-state index contributed by atoms with van der Waals surface area (Å²) < 4.78 is 6.58. The maximum absolute atomic E-state index is 11.5. The van der Waals surface area contributed by atoms with Gasteiger partial charge in [0.2, 0.25) is 0 Å². The molecular formula is C12H13NO2. The highest BCUT2D eigenvalue weighted by atomic mass is 16.5. The Morgan fingerprint density at radius 2 is 2.13 bits per heavy atom. The van der Waals surface area contributed by atoms with Crippen molar-refractivity contribution in [1.29, 1.82) is 0 Å². The number of esters is 1. The lowest BCUT2D eigenvalue weighted by Crippen LogP contribution is -2.06. The number of aromatic nitrogens is 1. The molecule has 0 bridgehead atoms. The molecule has 1 heterocycles. The largest absolute Gasteiger partial charge is 0.464 e. The minimum absolute atomic E-state index is 0.298. The monoisotopic (exact) mass is 203 g/mol. The number of fused-ring (bicyclic) bond motifs is 1. The Morgan fingerprint density at radius 1 is 1.40 bits per heavy atom. The van der Waals surface area contributed by atoms with Gasteiger partial charge in [-0.05, 0) is 24.6 Å². The number of ether oxygens (including phenoxy) is 1. The van der Waals surface area contributed by atoms with Crippen LogP contribution in [0.15, 0.2) is 24.3 Å². The molecule has 0 radical (unpaired) electrons. The second kappa shape index (κ2) is 3.42. The van der Waals surface area contributed by atoms with Crippen molar-refractivity contribution in [3.8, 4) is 0 Å². The third kappa shape index (κ3) is 1.40. The molecule has 0 unspecified atom stereocenters. The third-order valence-electron chi connectivity index (χ3n) is 2.70. The summed E-state index contributed by atoms with van der Waals surface area (Å²) in [5.41, 5.74) is 2.80. The Morgan fingerprint density at radius 3 is 2.73 bits per heavy atom. The predicted octanol–water partition coefficient (Wildman–Crippen LogP) is 2.27. The second-order valence-electron chi connectivity index (χ2n) is 3.59. The molecule has 2 rings (SSSR count). The van der Waals surface area contributed by atoms with Gasteiger partial charge in [0.05, 0.1) is 7.11 Å². The molecule has 78 valence electrons. The Balaban J connectivity index is 2.75. The average molecular weight is 203 g/mol. The van der Waals surface area contributed by atoms with E-state index in [2.05, 4.69) is 0 Å². The molecule has 0 spiro atoms. The highest BCUT2D eigenvalue weighted by Crippen LogP contribution is 2.22. The van der Waals surface area contributed by atoms with Crippen molar-refractivity contribution < 1.29 is 9.53 Å². The van der Waals surface area contributed by atoms with Crippen LogP contribution >= 0.6 is 0 Å². The number of carbonyl (C=O) groups is 1. The lowest BCUT2D eigenvalue weighted by molar-refractivity contribution is 0.0590. The summed E-state index contributed by atoms with van der Waals surface area (Å²) in [6.45, 7) is 2.03. The van der Waals surface area contributed by atoms with E-state index in [9.17, 15) is 4.79 Å². The SMILES string of the molecule is COC(=O)c1cc2c(C)cccc2n1C. The van der Waals surface area contributed by atoms with Crippen LogP contribution in [0.25, 0.3) is 10.9 Å². The number of aryl methyl sites for hydroxylation is 2. The molecule has 0 aliphatic heterocycles. The molecule has 0 atom stereocenters. The number of nitrogens with zero attached hydrogens (tertiary/aromatic N) is 1. The third-order valence-corrected chi connectivity index (χ3v) is 2.70. The van der Waals surface area contributed by atoms with Gasteiger partial charge in [-0.2, -0.15) is 0 Å². The van der Waals surface area contributed by atoms with Crippen molar-refractivity contribution in [2.45, 2.75) is 6.92 Å². The number of hydrogen-bond acceptors (Lipinski definition) is 2. The van der Waals surface area contributed by atoms with E-state index in [0.717, 1.165) is 10.9 Å². The summed E-state index contributed by atoms with van der Waals surface area (Å²) in [5, 5.41) is 1.10. The number of methoxy groups -OCH3 is 1. The zero-order chi connectivity index (χ0) is 11.0. The van der Waals surface area contributed by atoms with Crippen molar-refractivity contribution in [2.24, 2.45) is 7.05 Å². The minimum Gasteiger partial charge on any atom is -0.464 e. The molecule has 0 aliphatic rings. The zero-order valence-electron chi connectivity index (χ0n) is 9.07. The fourth-order valence-electron chi connectivity index (χ4n) is 1.81. The summed E-state index contributed by atoms with van der Waals surface area (Å²) in [7, 11) is 3.26. The second-order valence-corrected chi connectivity index (χ2v) is 3.59. The van der Waals surface area contributed by atoms with E-state index in [4.69, 9.17) is 4.74 Å². The molecule has 3 nitrogen and oxygen atoms in total. The molecule has 0 aliphatic carbocycles. The number of benzene rings is 1. The van der Waals surface area contributed by atoms with Gasteiger partial charge >= 0.3 is 5.97 Å². The number of hydrogen-bond donors (Lipinski definition) is 0. The first-order valence-corrected chi connectivity index (χ1v) is 4.78. The van der Waals surface area contributed by atoms with Crippen molar-refractivity contribution in [3.05, 3.63) is 35.5 Å². The van der Waals surface area contributed by atoms with Gasteiger partial charge in [-0.15, -0.1) is 0 Å². The fraction of sp³-hybridized carbons (Fsp3) is 0.250. The molecular weight excluding hydrogens is 190 g/mol.